The second-order valence-corrected chi connectivity index (χ2v) is 8.25. The number of fused-ring (bicyclic) bond motifs is 1. The monoisotopic (exact) mass is 491 g/mol. The summed E-state index contributed by atoms with van der Waals surface area (Å²) in [7, 11) is 1.54. The maximum absolute atomic E-state index is 12.6. The highest BCUT2D eigenvalue weighted by atomic mass is 32.1. The van der Waals surface area contributed by atoms with Crippen LogP contribution in [0.1, 0.15) is 26.3 Å². The Balaban J connectivity index is 1.44. The van der Waals surface area contributed by atoms with Crippen LogP contribution in [0.15, 0.2) is 66.3 Å². The lowest BCUT2D eigenvalue weighted by Crippen LogP contribution is -2.21. The predicted molar refractivity (Wildman–Crippen MR) is 131 cm³/mol. The Morgan fingerprint density at radius 3 is 2.66 bits per heavy atom. The quantitative estimate of drug-likeness (QED) is 0.341. The van der Waals surface area contributed by atoms with Crippen molar-refractivity contribution in [2.75, 3.05) is 19.0 Å². The molecule has 0 atom stereocenters. The van der Waals surface area contributed by atoms with Crippen LogP contribution in [0.2, 0.25) is 0 Å². The second-order valence-electron chi connectivity index (χ2n) is 7.37. The molecule has 2 heterocycles. The Hall–Kier alpha value is -4.44. The minimum Gasteiger partial charge on any atom is -0.497 e. The molecule has 35 heavy (non-hydrogen) atoms. The SMILES string of the molecule is COc1cccc(C(=O)Nc2cccc(OCc3csc4c(C(=O)OCC(N)=O)cncc34)c2)c1. The van der Waals surface area contributed by atoms with E-state index in [1.54, 1.807) is 61.8 Å². The zero-order valence-electron chi connectivity index (χ0n) is 18.6. The molecule has 0 aliphatic rings. The fourth-order valence-corrected chi connectivity index (χ4v) is 4.29. The molecule has 0 aliphatic heterocycles. The Kier molecular flexibility index (Phi) is 7.22. The minimum atomic E-state index is -0.735. The van der Waals surface area contributed by atoms with E-state index in [-0.39, 0.29) is 18.1 Å². The molecule has 0 fully saturated rings. The minimum absolute atomic E-state index is 0.217. The summed E-state index contributed by atoms with van der Waals surface area (Å²) < 4.78 is 16.7. The van der Waals surface area contributed by atoms with Gasteiger partial charge in [-0.05, 0) is 35.7 Å². The fourth-order valence-electron chi connectivity index (χ4n) is 3.26. The van der Waals surface area contributed by atoms with Crippen molar-refractivity contribution in [1.82, 2.24) is 4.98 Å². The first-order valence-corrected chi connectivity index (χ1v) is 11.3. The molecule has 0 saturated carbocycles. The number of esters is 1. The number of carbonyl (C=O) groups is 3. The van der Waals surface area contributed by atoms with Crippen molar-refractivity contribution < 1.29 is 28.6 Å². The Bertz CT molecular complexity index is 1400. The third-order valence-corrected chi connectivity index (χ3v) is 6.02. The highest BCUT2D eigenvalue weighted by molar-refractivity contribution is 7.17. The van der Waals surface area contributed by atoms with Gasteiger partial charge in [0, 0.05) is 40.7 Å². The summed E-state index contributed by atoms with van der Waals surface area (Å²) in [6.07, 6.45) is 3.03. The van der Waals surface area contributed by atoms with Gasteiger partial charge in [-0.3, -0.25) is 14.6 Å². The number of aromatic nitrogens is 1. The lowest BCUT2D eigenvalue weighted by molar-refractivity contribution is -0.121. The number of amides is 2. The maximum atomic E-state index is 12.6. The number of rotatable bonds is 9. The van der Waals surface area contributed by atoms with Crippen LogP contribution in [0.25, 0.3) is 10.1 Å². The zero-order valence-corrected chi connectivity index (χ0v) is 19.5. The molecule has 4 aromatic rings. The number of thiophene rings is 1. The Morgan fingerprint density at radius 2 is 1.86 bits per heavy atom. The average molecular weight is 492 g/mol. The summed E-state index contributed by atoms with van der Waals surface area (Å²) in [6.45, 7) is -0.282. The number of carbonyl (C=O) groups excluding carboxylic acids is 3. The molecule has 9 nitrogen and oxygen atoms in total. The summed E-state index contributed by atoms with van der Waals surface area (Å²) in [6, 6.07) is 13.9. The van der Waals surface area contributed by atoms with Gasteiger partial charge in [0.15, 0.2) is 6.61 Å². The maximum Gasteiger partial charge on any atom is 0.341 e. The van der Waals surface area contributed by atoms with Crippen molar-refractivity contribution in [1.29, 1.82) is 0 Å². The van der Waals surface area contributed by atoms with Gasteiger partial charge < -0.3 is 25.3 Å². The van der Waals surface area contributed by atoms with Crippen molar-refractivity contribution in [2.45, 2.75) is 6.61 Å². The molecule has 10 heteroatoms. The molecule has 0 saturated heterocycles. The van der Waals surface area contributed by atoms with Crippen LogP contribution in [-0.2, 0) is 16.1 Å². The number of hydrogen-bond donors (Lipinski definition) is 2. The van der Waals surface area contributed by atoms with Crippen LogP contribution in [0.3, 0.4) is 0 Å². The number of benzene rings is 2. The first-order chi connectivity index (χ1) is 16.9. The van der Waals surface area contributed by atoms with E-state index in [1.165, 1.54) is 17.5 Å². The fraction of sp³-hybridized carbons (Fsp3) is 0.120. The predicted octanol–water partition coefficient (Wildman–Crippen LogP) is 3.78. The number of nitrogens with zero attached hydrogens (tertiary/aromatic N) is 1. The van der Waals surface area contributed by atoms with E-state index in [0.717, 1.165) is 10.9 Å². The van der Waals surface area contributed by atoms with Gasteiger partial charge in [0.05, 0.1) is 17.4 Å². The highest BCUT2D eigenvalue weighted by Crippen LogP contribution is 2.30. The third kappa shape index (κ3) is 5.74. The van der Waals surface area contributed by atoms with Crippen molar-refractivity contribution in [3.05, 3.63) is 83.0 Å². The summed E-state index contributed by atoms with van der Waals surface area (Å²) in [4.78, 5) is 39.9. The van der Waals surface area contributed by atoms with E-state index >= 15 is 0 Å². The molecule has 2 aromatic heterocycles. The third-order valence-electron chi connectivity index (χ3n) is 4.95. The van der Waals surface area contributed by atoms with Gasteiger partial charge in [0.25, 0.3) is 11.8 Å². The average Bonchev–Trinajstić information content (AvgIpc) is 3.29. The molecule has 0 spiro atoms. The number of pyridine rings is 1. The standard InChI is InChI=1S/C25H21N3O6S/c1-32-18-6-2-4-15(8-18)24(30)28-17-5-3-7-19(9-17)33-12-16-14-35-23-20(16)10-27-11-21(23)25(31)34-13-22(26)29/h2-11,14H,12-13H2,1H3,(H2,26,29)(H,28,30). The first-order valence-electron chi connectivity index (χ1n) is 10.4. The highest BCUT2D eigenvalue weighted by Gasteiger charge is 2.17. The zero-order chi connectivity index (χ0) is 24.8. The number of nitrogens with one attached hydrogen (secondary N) is 1. The number of anilines is 1. The molecular formula is C25H21N3O6S. The van der Waals surface area contributed by atoms with Crippen molar-refractivity contribution in [3.63, 3.8) is 0 Å². The van der Waals surface area contributed by atoms with E-state index < -0.39 is 18.5 Å². The Morgan fingerprint density at radius 1 is 1.06 bits per heavy atom. The summed E-state index contributed by atoms with van der Waals surface area (Å²) in [5.74, 6) is -0.530. The lowest BCUT2D eigenvalue weighted by Gasteiger charge is -2.10. The first kappa shape index (κ1) is 23.7. The molecule has 2 amide bonds. The molecule has 178 valence electrons. The number of primary amides is 1. The number of nitrogens with two attached hydrogens (primary N) is 1. The molecule has 0 radical (unpaired) electrons. The lowest BCUT2D eigenvalue weighted by atomic mass is 10.2. The Labute approximate surface area is 204 Å². The van der Waals surface area contributed by atoms with E-state index in [9.17, 15) is 14.4 Å². The van der Waals surface area contributed by atoms with Crippen molar-refractivity contribution in [3.8, 4) is 11.5 Å². The number of ether oxygens (including phenoxy) is 3. The van der Waals surface area contributed by atoms with Crippen LogP contribution in [0, 0.1) is 0 Å². The number of hydrogen-bond acceptors (Lipinski definition) is 8. The molecule has 3 N–H and O–H groups in total. The van der Waals surface area contributed by atoms with E-state index in [2.05, 4.69) is 10.3 Å². The molecule has 0 aliphatic carbocycles. The number of methoxy groups -OCH3 is 1. The van der Waals surface area contributed by atoms with Gasteiger partial charge in [0.2, 0.25) is 0 Å². The summed E-state index contributed by atoms with van der Waals surface area (Å²) in [5.41, 5.74) is 7.16. The van der Waals surface area contributed by atoms with Crippen LogP contribution in [0.4, 0.5) is 5.69 Å². The topological polar surface area (TPSA) is 130 Å². The van der Waals surface area contributed by atoms with Crippen molar-refractivity contribution >= 4 is 44.9 Å². The molecule has 0 unspecified atom stereocenters. The normalized spacial score (nSPS) is 10.5. The summed E-state index contributed by atoms with van der Waals surface area (Å²) in [5, 5.41) is 5.45. The largest absolute Gasteiger partial charge is 0.497 e. The van der Waals surface area contributed by atoms with Crippen molar-refractivity contribution in [2.24, 2.45) is 5.73 Å². The molecular weight excluding hydrogens is 470 g/mol. The smallest absolute Gasteiger partial charge is 0.341 e. The van der Waals surface area contributed by atoms with Gasteiger partial charge in [-0.2, -0.15) is 0 Å². The van der Waals surface area contributed by atoms with E-state index in [0.29, 0.717) is 27.4 Å². The molecule has 0 bridgehead atoms. The van der Waals surface area contributed by atoms with Gasteiger partial charge in [0.1, 0.15) is 18.1 Å². The van der Waals surface area contributed by atoms with Crippen LogP contribution >= 0.6 is 11.3 Å². The van der Waals surface area contributed by atoms with E-state index in [1.807, 2.05) is 5.38 Å². The van der Waals surface area contributed by atoms with Crippen LogP contribution < -0.4 is 20.5 Å². The summed E-state index contributed by atoms with van der Waals surface area (Å²) >= 11 is 1.35. The van der Waals surface area contributed by atoms with Gasteiger partial charge >= 0.3 is 5.97 Å². The van der Waals surface area contributed by atoms with Gasteiger partial charge in [-0.1, -0.05) is 12.1 Å². The van der Waals surface area contributed by atoms with Gasteiger partial charge in [-0.25, -0.2) is 4.79 Å². The van der Waals surface area contributed by atoms with Gasteiger partial charge in [-0.15, -0.1) is 11.3 Å². The molecule has 4 rings (SSSR count). The second kappa shape index (κ2) is 10.7. The van der Waals surface area contributed by atoms with E-state index in [4.69, 9.17) is 19.9 Å². The molecule has 2 aromatic carbocycles. The van der Waals surface area contributed by atoms with Crippen LogP contribution in [0.5, 0.6) is 11.5 Å². The van der Waals surface area contributed by atoms with Crippen LogP contribution in [-0.4, -0.2) is 36.5 Å².